The number of piperazine rings is 1. The molecular weight excluding hydrogens is 324 g/mol. The third-order valence-electron chi connectivity index (χ3n) is 5.00. The number of carbonyl (C=O) groups is 1. The summed E-state index contributed by atoms with van der Waals surface area (Å²) in [6.07, 6.45) is 1.40. The monoisotopic (exact) mass is 352 g/mol. The van der Waals surface area contributed by atoms with Crippen molar-refractivity contribution in [2.24, 2.45) is 0 Å². The van der Waals surface area contributed by atoms with Crippen molar-refractivity contribution in [3.05, 3.63) is 52.5 Å². The maximum atomic E-state index is 11.9. The highest BCUT2D eigenvalue weighted by Crippen LogP contribution is 2.25. The van der Waals surface area contributed by atoms with Crippen LogP contribution in [-0.2, 0) is 11.2 Å². The van der Waals surface area contributed by atoms with Crippen molar-refractivity contribution in [1.29, 1.82) is 0 Å². The molecule has 5 nitrogen and oxygen atoms in total. The summed E-state index contributed by atoms with van der Waals surface area (Å²) >= 11 is 0. The van der Waals surface area contributed by atoms with Crippen LogP contribution < -0.4 is 4.90 Å². The molecule has 1 saturated heterocycles. The molecule has 3 rings (SSSR count). The second kappa shape index (κ2) is 7.85. The number of hydrogen-bond donors (Lipinski definition) is 0. The molecule has 1 aromatic heterocycles. The van der Waals surface area contributed by atoms with Gasteiger partial charge in [-0.1, -0.05) is 36.8 Å². The molecule has 0 unspecified atom stereocenters. The Morgan fingerprint density at radius 1 is 1.08 bits per heavy atom. The van der Waals surface area contributed by atoms with Crippen LogP contribution in [0.5, 0.6) is 0 Å². The largest absolute Gasteiger partial charge is 0.353 e. The Balaban J connectivity index is 1.86. The van der Waals surface area contributed by atoms with Crippen molar-refractivity contribution in [2.45, 2.75) is 40.5 Å². The summed E-state index contributed by atoms with van der Waals surface area (Å²) in [5.41, 5.74) is 4.78. The first-order valence-electron chi connectivity index (χ1n) is 9.40. The summed E-state index contributed by atoms with van der Waals surface area (Å²) < 4.78 is 0. The standard InChI is InChI=1S/C21H28N4O/c1-5-20(26)24-9-11-25(12-10-24)21-19(16(3)22-17(4)23-21)14-18-8-6-7-15(2)13-18/h6-8,13H,5,9-12,14H2,1-4H3. The van der Waals surface area contributed by atoms with Crippen LogP contribution in [-0.4, -0.2) is 47.0 Å². The minimum atomic E-state index is 0.236. The van der Waals surface area contributed by atoms with Crippen molar-refractivity contribution in [3.8, 4) is 0 Å². The predicted molar refractivity (Wildman–Crippen MR) is 105 cm³/mol. The smallest absolute Gasteiger partial charge is 0.222 e. The van der Waals surface area contributed by atoms with Crippen molar-refractivity contribution < 1.29 is 4.79 Å². The molecule has 2 aromatic rings. The molecule has 0 bridgehead atoms. The number of anilines is 1. The number of nitrogens with zero attached hydrogens (tertiary/aromatic N) is 4. The van der Waals surface area contributed by atoms with Gasteiger partial charge in [-0.25, -0.2) is 9.97 Å². The lowest BCUT2D eigenvalue weighted by molar-refractivity contribution is -0.131. The first kappa shape index (κ1) is 18.4. The van der Waals surface area contributed by atoms with Crippen LogP contribution in [0.25, 0.3) is 0 Å². The Morgan fingerprint density at radius 3 is 2.46 bits per heavy atom. The van der Waals surface area contributed by atoms with Gasteiger partial charge in [0, 0.05) is 50.3 Å². The van der Waals surface area contributed by atoms with Gasteiger partial charge in [-0.15, -0.1) is 0 Å². The molecule has 0 atom stereocenters. The molecule has 0 spiro atoms. The van der Waals surface area contributed by atoms with Gasteiger partial charge in [-0.05, 0) is 26.3 Å². The van der Waals surface area contributed by atoms with Gasteiger partial charge >= 0.3 is 0 Å². The van der Waals surface area contributed by atoms with E-state index in [0.717, 1.165) is 49.9 Å². The van der Waals surface area contributed by atoms with Crippen LogP contribution >= 0.6 is 0 Å². The minimum absolute atomic E-state index is 0.236. The molecule has 2 heterocycles. The number of amides is 1. The first-order chi connectivity index (χ1) is 12.5. The van der Waals surface area contributed by atoms with Crippen LogP contribution in [0.4, 0.5) is 5.82 Å². The van der Waals surface area contributed by atoms with Gasteiger partial charge in [-0.2, -0.15) is 0 Å². The van der Waals surface area contributed by atoms with Crippen LogP contribution in [0.2, 0.25) is 0 Å². The fraction of sp³-hybridized carbons (Fsp3) is 0.476. The summed E-state index contributed by atoms with van der Waals surface area (Å²) in [6.45, 7) is 11.2. The Morgan fingerprint density at radius 2 is 1.81 bits per heavy atom. The summed E-state index contributed by atoms with van der Waals surface area (Å²) in [5, 5.41) is 0. The normalized spacial score (nSPS) is 14.6. The second-order valence-corrected chi connectivity index (χ2v) is 7.05. The topological polar surface area (TPSA) is 49.3 Å². The van der Waals surface area contributed by atoms with Gasteiger partial charge < -0.3 is 9.80 Å². The lowest BCUT2D eigenvalue weighted by atomic mass is 10.0. The summed E-state index contributed by atoms with van der Waals surface area (Å²) in [5.74, 6) is 2.07. The van der Waals surface area contributed by atoms with E-state index in [-0.39, 0.29) is 5.91 Å². The molecule has 5 heteroatoms. The quantitative estimate of drug-likeness (QED) is 0.849. The van der Waals surface area contributed by atoms with Crippen LogP contribution in [0, 0.1) is 20.8 Å². The van der Waals surface area contributed by atoms with Gasteiger partial charge in [0.2, 0.25) is 5.91 Å². The Kier molecular flexibility index (Phi) is 5.55. The van der Waals surface area contributed by atoms with Crippen molar-refractivity contribution in [3.63, 3.8) is 0 Å². The maximum Gasteiger partial charge on any atom is 0.222 e. The Hall–Kier alpha value is -2.43. The summed E-state index contributed by atoms with van der Waals surface area (Å²) in [4.78, 5) is 25.6. The molecule has 0 radical (unpaired) electrons. The number of carbonyl (C=O) groups excluding carboxylic acids is 1. The first-order valence-corrected chi connectivity index (χ1v) is 9.40. The van der Waals surface area contributed by atoms with Gasteiger partial charge in [0.15, 0.2) is 0 Å². The van der Waals surface area contributed by atoms with E-state index >= 15 is 0 Å². The number of benzene rings is 1. The molecule has 1 aliphatic heterocycles. The zero-order chi connectivity index (χ0) is 18.7. The Bertz CT molecular complexity index is 795. The average molecular weight is 352 g/mol. The highest BCUT2D eigenvalue weighted by atomic mass is 16.2. The van der Waals surface area contributed by atoms with Crippen molar-refractivity contribution >= 4 is 11.7 Å². The van der Waals surface area contributed by atoms with E-state index in [1.165, 1.54) is 16.7 Å². The van der Waals surface area contributed by atoms with Crippen LogP contribution in [0.1, 0.15) is 41.6 Å². The van der Waals surface area contributed by atoms with E-state index < -0.39 is 0 Å². The van der Waals surface area contributed by atoms with E-state index in [1.54, 1.807) is 0 Å². The number of rotatable bonds is 4. The minimum Gasteiger partial charge on any atom is -0.353 e. The highest BCUT2D eigenvalue weighted by Gasteiger charge is 2.24. The molecular formula is C21H28N4O. The zero-order valence-corrected chi connectivity index (χ0v) is 16.2. The highest BCUT2D eigenvalue weighted by molar-refractivity contribution is 5.76. The SMILES string of the molecule is CCC(=O)N1CCN(c2nc(C)nc(C)c2Cc2cccc(C)c2)CC1. The fourth-order valence-corrected chi connectivity index (χ4v) is 3.60. The molecule has 0 saturated carbocycles. The molecule has 1 aromatic carbocycles. The third kappa shape index (κ3) is 4.03. The van der Waals surface area contributed by atoms with Gasteiger partial charge in [-0.3, -0.25) is 4.79 Å². The van der Waals surface area contributed by atoms with Crippen molar-refractivity contribution in [1.82, 2.24) is 14.9 Å². The summed E-state index contributed by atoms with van der Waals surface area (Å²) in [7, 11) is 0. The molecule has 1 amide bonds. The number of hydrogen-bond acceptors (Lipinski definition) is 4. The predicted octanol–water partition coefficient (Wildman–Crippen LogP) is 3.05. The van der Waals surface area contributed by atoms with Crippen LogP contribution in [0.3, 0.4) is 0 Å². The zero-order valence-electron chi connectivity index (χ0n) is 16.2. The average Bonchev–Trinajstić information content (AvgIpc) is 2.63. The van der Waals surface area contributed by atoms with E-state index in [9.17, 15) is 4.79 Å². The molecule has 0 aliphatic carbocycles. The molecule has 1 aliphatic rings. The van der Waals surface area contributed by atoms with E-state index in [4.69, 9.17) is 4.98 Å². The van der Waals surface area contributed by atoms with Gasteiger partial charge in [0.1, 0.15) is 11.6 Å². The summed E-state index contributed by atoms with van der Waals surface area (Å²) in [6, 6.07) is 8.60. The second-order valence-electron chi connectivity index (χ2n) is 7.05. The van der Waals surface area contributed by atoms with Gasteiger partial charge in [0.25, 0.3) is 0 Å². The van der Waals surface area contributed by atoms with E-state index in [2.05, 4.69) is 48.0 Å². The third-order valence-corrected chi connectivity index (χ3v) is 5.00. The maximum absolute atomic E-state index is 11.9. The van der Waals surface area contributed by atoms with E-state index in [1.807, 2.05) is 18.7 Å². The van der Waals surface area contributed by atoms with E-state index in [0.29, 0.717) is 6.42 Å². The fourth-order valence-electron chi connectivity index (χ4n) is 3.60. The van der Waals surface area contributed by atoms with Crippen LogP contribution in [0.15, 0.2) is 24.3 Å². The lowest BCUT2D eigenvalue weighted by Gasteiger charge is -2.36. The molecule has 26 heavy (non-hydrogen) atoms. The number of aromatic nitrogens is 2. The lowest BCUT2D eigenvalue weighted by Crippen LogP contribution is -2.49. The van der Waals surface area contributed by atoms with Crippen molar-refractivity contribution in [2.75, 3.05) is 31.1 Å². The molecule has 1 fully saturated rings. The Labute approximate surface area is 156 Å². The molecule has 138 valence electrons. The number of aryl methyl sites for hydroxylation is 3. The molecule has 0 N–H and O–H groups in total. The van der Waals surface area contributed by atoms with Gasteiger partial charge in [0.05, 0.1) is 0 Å².